The van der Waals surface area contributed by atoms with E-state index in [9.17, 15) is 21.6 Å². The molecule has 1 aromatic carbocycles. The first-order chi connectivity index (χ1) is 11.1. The molecule has 0 spiro atoms. The molecule has 0 radical (unpaired) electrons. The molecule has 1 unspecified atom stereocenters. The Morgan fingerprint density at radius 2 is 2.12 bits per heavy atom. The van der Waals surface area contributed by atoms with E-state index < -0.39 is 32.2 Å². The number of methoxy groups -OCH3 is 1. The van der Waals surface area contributed by atoms with Crippen LogP contribution in [-0.4, -0.2) is 40.8 Å². The second-order valence-electron chi connectivity index (χ2n) is 5.71. The van der Waals surface area contributed by atoms with Crippen LogP contribution in [0.25, 0.3) is 0 Å². The smallest absolute Gasteiger partial charge is 0.383 e. The maximum absolute atomic E-state index is 13.1. The summed E-state index contributed by atoms with van der Waals surface area (Å²) in [5, 5.41) is 2.97. The van der Waals surface area contributed by atoms with E-state index in [4.69, 9.17) is 16.3 Å². The molecule has 2 N–H and O–H groups in total. The van der Waals surface area contributed by atoms with Crippen molar-refractivity contribution >= 4 is 21.6 Å². The molecule has 1 atom stereocenters. The Morgan fingerprint density at radius 3 is 2.67 bits per heavy atom. The Hall–Kier alpha value is -0.870. The van der Waals surface area contributed by atoms with Crippen molar-refractivity contribution in [2.75, 3.05) is 26.8 Å². The molecule has 0 aromatic heterocycles. The lowest BCUT2D eigenvalue weighted by Crippen LogP contribution is -2.53. The first-order valence-corrected chi connectivity index (χ1v) is 9.06. The average Bonchev–Trinajstić information content (AvgIpc) is 2.94. The van der Waals surface area contributed by atoms with Gasteiger partial charge in [0, 0.05) is 18.7 Å². The molecular weight excluding hydrogens is 369 g/mol. The lowest BCUT2D eigenvalue weighted by molar-refractivity contribution is -0.139. The Kier molecular flexibility index (Phi) is 5.81. The van der Waals surface area contributed by atoms with Gasteiger partial charge in [0.05, 0.1) is 22.6 Å². The fraction of sp³-hybridized carbons (Fsp3) is 0.571. The summed E-state index contributed by atoms with van der Waals surface area (Å²) >= 11 is 5.58. The fourth-order valence-corrected chi connectivity index (χ4v) is 4.24. The van der Waals surface area contributed by atoms with Crippen molar-refractivity contribution in [3.63, 3.8) is 0 Å². The topological polar surface area (TPSA) is 67.4 Å². The molecule has 1 saturated heterocycles. The summed E-state index contributed by atoms with van der Waals surface area (Å²) < 4.78 is 71.5. The summed E-state index contributed by atoms with van der Waals surface area (Å²) in [6.45, 7) is 0.880. The third kappa shape index (κ3) is 4.40. The number of rotatable bonds is 6. The standard InChI is InChI=1S/C14H18ClF3N2O3S/c1-23-9-13(5-2-6-19-13)8-20-24(21,22)12-4-3-10(15)7-11(12)14(16,17)18/h3-4,7,19-20H,2,5-6,8-9H2,1H3. The molecule has 1 heterocycles. The molecule has 2 rings (SSSR count). The predicted octanol–water partition coefficient (Wildman–Crippen LogP) is 2.41. The zero-order valence-corrected chi connectivity index (χ0v) is 14.5. The Balaban J connectivity index is 2.28. The van der Waals surface area contributed by atoms with Gasteiger partial charge in [-0.1, -0.05) is 11.6 Å². The summed E-state index contributed by atoms with van der Waals surface area (Å²) in [5.41, 5.74) is -1.91. The minimum atomic E-state index is -4.83. The minimum Gasteiger partial charge on any atom is -0.383 e. The fourth-order valence-electron chi connectivity index (χ4n) is 2.74. The maximum atomic E-state index is 13.1. The molecule has 5 nitrogen and oxygen atoms in total. The third-order valence-electron chi connectivity index (χ3n) is 3.89. The van der Waals surface area contributed by atoms with E-state index in [1.807, 2.05) is 0 Å². The van der Waals surface area contributed by atoms with Crippen molar-refractivity contribution in [1.29, 1.82) is 0 Å². The monoisotopic (exact) mass is 386 g/mol. The van der Waals surface area contributed by atoms with Crippen molar-refractivity contribution in [1.82, 2.24) is 10.0 Å². The number of hydrogen-bond acceptors (Lipinski definition) is 4. The van der Waals surface area contributed by atoms with Gasteiger partial charge in [0.1, 0.15) is 0 Å². The van der Waals surface area contributed by atoms with Crippen LogP contribution >= 0.6 is 11.6 Å². The van der Waals surface area contributed by atoms with Gasteiger partial charge in [0.2, 0.25) is 10.0 Å². The van der Waals surface area contributed by atoms with Gasteiger partial charge in [-0.3, -0.25) is 0 Å². The van der Waals surface area contributed by atoms with Crippen LogP contribution in [0, 0.1) is 0 Å². The van der Waals surface area contributed by atoms with Gasteiger partial charge in [-0.05, 0) is 37.6 Å². The van der Waals surface area contributed by atoms with Gasteiger partial charge in [0.15, 0.2) is 0 Å². The Bertz CT molecular complexity index is 689. The van der Waals surface area contributed by atoms with Crippen molar-refractivity contribution in [3.05, 3.63) is 28.8 Å². The van der Waals surface area contributed by atoms with E-state index in [1.165, 1.54) is 7.11 Å². The number of nitrogens with one attached hydrogen (secondary N) is 2. The number of benzene rings is 1. The Morgan fingerprint density at radius 1 is 1.42 bits per heavy atom. The highest BCUT2D eigenvalue weighted by molar-refractivity contribution is 7.89. The van der Waals surface area contributed by atoms with E-state index in [1.54, 1.807) is 0 Å². The van der Waals surface area contributed by atoms with Gasteiger partial charge in [-0.2, -0.15) is 13.2 Å². The molecule has 136 valence electrons. The van der Waals surface area contributed by atoms with Gasteiger partial charge in [-0.15, -0.1) is 0 Å². The largest absolute Gasteiger partial charge is 0.417 e. The van der Waals surface area contributed by atoms with Gasteiger partial charge >= 0.3 is 6.18 Å². The zero-order chi connectivity index (χ0) is 18.0. The number of sulfonamides is 1. The number of alkyl halides is 3. The molecule has 24 heavy (non-hydrogen) atoms. The Labute approximate surface area is 143 Å². The average molecular weight is 387 g/mol. The zero-order valence-electron chi connectivity index (χ0n) is 12.9. The van der Waals surface area contributed by atoms with Gasteiger partial charge < -0.3 is 10.1 Å². The molecule has 0 bridgehead atoms. The highest BCUT2D eigenvalue weighted by Crippen LogP contribution is 2.35. The molecule has 0 amide bonds. The number of hydrogen-bond donors (Lipinski definition) is 2. The molecule has 1 fully saturated rings. The highest BCUT2D eigenvalue weighted by Gasteiger charge is 2.39. The number of halogens is 4. The normalized spacial score (nSPS) is 22.0. The lowest BCUT2D eigenvalue weighted by Gasteiger charge is -2.29. The summed E-state index contributed by atoms with van der Waals surface area (Å²) in [7, 11) is -2.88. The minimum absolute atomic E-state index is 0.0664. The van der Waals surface area contributed by atoms with E-state index in [0.29, 0.717) is 19.0 Å². The van der Waals surface area contributed by atoms with Crippen LogP contribution in [0.4, 0.5) is 13.2 Å². The molecule has 0 saturated carbocycles. The van der Waals surface area contributed by atoms with E-state index >= 15 is 0 Å². The van der Waals surface area contributed by atoms with Gasteiger partial charge in [-0.25, -0.2) is 13.1 Å². The SMILES string of the molecule is COCC1(CNS(=O)(=O)c2ccc(Cl)cc2C(F)(F)F)CCCN1. The van der Waals surface area contributed by atoms with Crippen molar-refractivity contribution in [2.24, 2.45) is 0 Å². The van der Waals surface area contributed by atoms with Crippen LogP contribution < -0.4 is 10.0 Å². The van der Waals surface area contributed by atoms with Crippen LogP contribution in [0.3, 0.4) is 0 Å². The first-order valence-electron chi connectivity index (χ1n) is 7.20. The molecule has 1 aliphatic rings. The summed E-state index contributed by atoms with van der Waals surface area (Å²) in [6, 6.07) is 2.58. The second kappa shape index (κ2) is 7.17. The predicted molar refractivity (Wildman–Crippen MR) is 83.5 cm³/mol. The molecule has 1 aromatic rings. The molecule has 0 aliphatic carbocycles. The quantitative estimate of drug-likeness (QED) is 0.788. The van der Waals surface area contributed by atoms with E-state index in [0.717, 1.165) is 18.6 Å². The lowest BCUT2D eigenvalue weighted by atomic mass is 9.99. The van der Waals surface area contributed by atoms with Gasteiger partial charge in [0.25, 0.3) is 0 Å². The maximum Gasteiger partial charge on any atom is 0.417 e. The van der Waals surface area contributed by atoms with Crippen molar-refractivity contribution in [3.8, 4) is 0 Å². The van der Waals surface area contributed by atoms with E-state index in [2.05, 4.69) is 10.0 Å². The second-order valence-corrected chi connectivity index (χ2v) is 7.88. The van der Waals surface area contributed by atoms with Crippen LogP contribution in [-0.2, 0) is 20.9 Å². The van der Waals surface area contributed by atoms with Crippen molar-refractivity contribution in [2.45, 2.75) is 29.5 Å². The van der Waals surface area contributed by atoms with Crippen LogP contribution in [0.5, 0.6) is 0 Å². The molecule has 10 heteroatoms. The third-order valence-corrected chi connectivity index (χ3v) is 5.58. The van der Waals surface area contributed by atoms with Crippen molar-refractivity contribution < 1.29 is 26.3 Å². The van der Waals surface area contributed by atoms with E-state index in [-0.39, 0.29) is 18.2 Å². The summed E-state index contributed by atoms with van der Waals surface area (Å²) in [6.07, 6.45) is -3.33. The molecule has 1 aliphatic heterocycles. The highest BCUT2D eigenvalue weighted by atomic mass is 35.5. The summed E-state index contributed by atoms with van der Waals surface area (Å²) in [5.74, 6) is 0. The van der Waals surface area contributed by atoms with Crippen LogP contribution in [0.15, 0.2) is 23.1 Å². The van der Waals surface area contributed by atoms with Crippen LogP contribution in [0.1, 0.15) is 18.4 Å². The number of ether oxygens (including phenoxy) is 1. The van der Waals surface area contributed by atoms with Crippen LogP contribution in [0.2, 0.25) is 5.02 Å². The summed E-state index contributed by atoms with van der Waals surface area (Å²) in [4.78, 5) is -0.843. The molecular formula is C14H18ClF3N2O3S. The first kappa shape index (κ1) is 19.5.